The average Bonchev–Trinajstić information content (AvgIpc) is 2.82. The Morgan fingerprint density at radius 1 is 0.667 bits per heavy atom. The molecule has 1 rings (SSSR count). The van der Waals surface area contributed by atoms with Gasteiger partial charge in [0, 0.05) is 0 Å². The second-order valence-electron chi connectivity index (χ2n) is 13.7. The highest BCUT2D eigenvalue weighted by atomic mass is 28.4. The van der Waals surface area contributed by atoms with Crippen molar-refractivity contribution in [2.45, 2.75) is 135 Å². The molecule has 0 spiro atoms. The van der Waals surface area contributed by atoms with Crippen molar-refractivity contribution in [3.05, 3.63) is 0 Å². The van der Waals surface area contributed by atoms with Gasteiger partial charge in [-0.05, 0) is 54.4 Å². The van der Waals surface area contributed by atoms with Gasteiger partial charge in [0.05, 0.1) is 19.3 Å². The van der Waals surface area contributed by atoms with Gasteiger partial charge in [0.15, 0.2) is 25.0 Å². The molecule has 1 aliphatic heterocycles. The standard InChI is InChI=1S/C23H52O4Si3/c1-21(2,3)28(10,11)25-17-18-20(27-30(14,15)23(7,8)9)19(16-24-18)26-29(12,13)22(4,5)6/h18-20H,16-17H2,1-15H3/t18-,19?,20?/m1/s1. The second-order valence-corrected chi connectivity index (χ2v) is 28.0. The largest absolute Gasteiger partial charge is 0.414 e. The number of hydrogen-bond acceptors (Lipinski definition) is 4. The van der Waals surface area contributed by atoms with Gasteiger partial charge in [0.1, 0.15) is 12.2 Å². The van der Waals surface area contributed by atoms with Gasteiger partial charge in [-0.25, -0.2) is 0 Å². The Morgan fingerprint density at radius 3 is 1.47 bits per heavy atom. The summed E-state index contributed by atoms with van der Waals surface area (Å²) in [4.78, 5) is 0. The highest BCUT2D eigenvalue weighted by Gasteiger charge is 2.50. The minimum absolute atomic E-state index is 0.0203. The van der Waals surface area contributed by atoms with E-state index in [2.05, 4.69) is 102 Å². The molecule has 0 amide bonds. The fraction of sp³-hybridized carbons (Fsp3) is 1.00. The predicted octanol–water partition coefficient (Wildman–Crippen LogP) is 7.19. The summed E-state index contributed by atoms with van der Waals surface area (Å²) in [7, 11) is -5.76. The van der Waals surface area contributed by atoms with Crippen LogP contribution in [0.15, 0.2) is 0 Å². The summed E-state index contributed by atoms with van der Waals surface area (Å²) in [6.07, 6.45) is -0.152. The van der Waals surface area contributed by atoms with E-state index in [0.717, 1.165) is 0 Å². The molecule has 1 fully saturated rings. The molecular weight excluding hydrogens is 425 g/mol. The van der Waals surface area contributed by atoms with Crippen molar-refractivity contribution in [3.8, 4) is 0 Å². The molecule has 4 nitrogen and oxygen atoms in total. The van der Waals surface area contributed by atoms with Gasteiger partial charge in [0.25, 0.3) is 0 Å². The third-order valence-corrected chi connectivity index (χ3v) is 21.6. The van der Waals surface area contributed by atoms with E-state index in [1.165, 1.54) is 0 Å². The normalized spacial score (nSPS) is 25.1. The molecule has 0 radical (unpaired) electrons. The first-order valence-corrected chi connectivity index (χ1v) is 20.4. The molecule has 1 saturated heterocycles. The minimum atomic E-state index is -1.98. The van der Waals surface area contributed by atoms with E-state index in [9.17, 15) is 0 Å². The lowest BCUT2D eigenvalue weighted by molar-refractivity contribution is 0.00475. The number of hydrogen-bond donors (Lipinski definition) is 0. The van der Waals surface area contributed by atoms with E-state index in [1.807, 2.05) is 0 Å². The van der Waals surface area contributed by atoms with Gasteiger partial charge in [0.2, 0.25) is 0 Å². The Labute approximate surface area is 191 Å². The quantitative estimate of drug-likeness (QED) is 0.364. The van der Waals surface area contributed by atoms with Crippen LogP contribution in [0, 0.1) is 0 Å². The minimum Gasteiger partial charge on any atom is -0.414 e. The van der Waals surface area contributed by atoms with Crippen LogP contribution in [0.2, 0.25) is 54.4 Å². The lowest BCUT2D eigenvalue weighted by atomic mass is 10.2. The molecule has 0 aromatic rings. The van der Waals surface area contributed by atoms with Gasteiger partial charge < -0.3 is 18.0 Å². The first kappa shape index (κ1) is 28.5. The summed E-state index contributed by atoms with van der Waals surface area (Å²) < 4.78 is 26.6. The Kier molecular flexibility index (Phi) is 8.58. The third-order valence-electron chi connectivity index (χ3n) is 8.11. The Bertz CT molecular complexity index is 568. The van der Waals surface area contributed by atoms with E-state index in [4.69, 9.17) is 18.0 Å². The molecule has 2 unspecified atom stereocenters. The van der Waals surface area contributed by atoms with Crippen molar-refractivity contribution in [3.63, 3.8) is 0 Å². The lowest BCUT2D eigenvalue weighted by Crippen LogP contribution is -2.54. The van der Waals surface area contributed by atoms with Gasteiger partial charge in [-0.1, -0.05) is 62.3 Å². The molecule has 7 heteroatoms. The van der Waals surface area contributed by atoms with E-state index >= 15 is 0 Å². The third kappa shape index (κ3) is 6.75. The van der Waals surface area contributed by atoms with Gasteiger partial charge >= 0.3 is 0 Å². The Balaban J connectivity index is 3.11. The van der Waals surface area contributed by atoms with Crippen LogP contribution in [0.5, 0.6) is 0 Å². The Morgan fingerprint density at radius 2 is 1.07 bits per heavy atom. The van der Waals surface area contributed by atoms with Crippen molar-refractivity contribution in [2.75, 3.05) is 13.2 Å². The van der Waals surface area contributed by atoms with Crippen LogP contribution in [0.25, 0.3) is 0 Å². The maximum Gasteiger partial charge on any atom is 0.192 e. The van der Waals surface area contributed by atoms with E-state index in [-0.39, 0.29) is 33.4 Å². The van der Waals surface area contributed by atoms with E-state index < -0.39 is 25.0 Å². The summed E-state index contributed by atoms with van der Waals surface area (Å²) in [5.41, 5.74) is 0. The first-order valence-electron chi connectivity index (χ1n) is 11.6. The molecule has 0 N–H and O–H groups in total. The zero-order valence-corrected chi connectivity index (χ0v) is 25.8. The molecule has 0 aliphatic carbocycles. The van der Waals surface area contributed by atoms with Crippen molar-refractivity contribution in [1.29, 1.82) is 0 Å². The van der Waals surface area contributed by atoms with Crippen LogP contribution in [-0.4, -0.2) is 56.5 Å². The first-order chi connectivity index (χ1) is 13.0. The SMILES string of the molecule is CC(C)(C)[Si](C)(C)OC[C@H]1OCC(O[Si](C)(C)C(C)(C)C)C1O[Si](C)(C)C(C)(C)C. The molecule has 1 heterocycles. The molecular formula is C23H52O4Si3. The number of rotatable bonds is 7. The lowest BCUT2D eigenvalue weighted by Gasteiger charge is -2.44. The van der Waals surface area contributed by atoms with Crippen LogP contribution < -0.4 is 0 Å². The van der Waals surface area contributed by atoms with Gasteiger partial charge in [-0.15, -0.1) is 0 Å². The van der Waals surface area contributed by atoms with Crippen molar-refractivity contribution < 1.29 is 18.0 Å². The maximum absolute atomic E-state index is 6.94. The molecule has 1 aliphatic rings. The Hall–Kier alpha value is 0.491. The fourth-order valence-electron chi connectivity index (χ4n) is 2.62. The molecule has 180 valence electrons. The average molecular weight is 477 g/mol. The van der Waals surface area contributed by atoms with Crippen molar-refractivity contribution in [1.82, 2.24) is 0 Å². The predicted molar refractivity (Wildman–Crippen MR) is 137 cm³/mol. The topological polar surface area (TPSA) is 36.9 Å². The second kappa shape index (κ2) is 9.03. The fourth-order valence-corrected chi connectivity index (χ4v) is 6.29. The van der Waals surface area contributed by atoms with E-state index in [0.29, 0.717) is 13.2 Å². The zero-order chi connectivity index (χ0) is 24.0. The molecule has 0 aromatic carbocycles. The summed E-state index contributed by atoms with van der Waals surface area (Å²) in [5, 5.41) is 0.477. The zero-order valence-electron chi connectivity index (χ0n) is 22.8. The molecule has 0 bridgehead atoms. The van der Waals surface area contributed by atoms with Crippen molar-refractivity contribution >= 4 is 25.0 Å². The molecule has 30 heavy (non-hydrogen) atoms. The molecule has 0 saturated carbocycles. The molecule has 0 aromatic heterocycles. The van der Waals surface area contributed by atoms with Crippen molar-refractivity contribution in [2.24, 2.45) is 0 Å². The van der Waals surface area contributed by atoms with Gasteiger partial charge in [-0.3, -0.25) is 0 Å². The van der Waals surface area contributed by atoms with Crippen LogP contribution in [0.1, 0.15) is 62.3 Å². The van der Waals surface area contributed by atoms with Crippen LogP contribution >= 0.6 is 0 Å². The van der Waals surface area contributed by atoms with Gasteiger partial charge in [-0.2, -0.15) is 0 Å². The van der Waals surface area contributed by atoms with Crippen LogP contribution in [-0.2, 0) is 18.0 Å². The van der Waals surface area contributed by atoms with Crippen LogP contribution in [0.3, 0.4) is 0 Å². The molecule has 3 atom stereocenters. The summed E-state index contributed by atoms with van der Waals surface area (Å²) >= 11 is 0. The summed E-state index contributed by atoms with van der Waals surface area (Å²) in [6.45, 7) is 35.6. The monoisotopic (exact) mass is 476 g/mol. The smallest absolute Gasteiger partial charge is 0.192 e. The highest BCUT2D eigenvalue weighted by Crippen LogP contribution is 2.43. The number of ether oxygens (including phenoxy) is 1. The summed E-state index contributed by atoms with van der Waals surface area (Å²) in [6, 6.07) is 0. The van der Waals surface area contributed by atoms with Crippen LogP contribution in [0.4, 0.5) is 0 Å². The summed E-state index contributed by atoms with van der Waals surface area (Å²) in [5.74, 6) is 0. The highest BCUT2D eigenvalue weighted by molar-refractivity contribution is 6.75. The van der Waals surface area contributed by atoms with E-state index in [1.54, 1.807) is 0 Å². The maximum atomic E-state index is 6.94.